The lowest BCUT2D eigenvalue weighted by Crippen LogP contribution is -2.26. The molecule has 0 amide bonds. The van der Waals surface area contributed by atoms with Gasteiger partial charge in [-0.2, -0.15) is 11.8 Å². The van der Waals surface area contributed by atoms with Crippen molar-refractivity contribution >= 4 is 23.5 Å². The van der Waals surface area contributed by atoms with Crippen LogP contribution in [0.1, 0.15) is 26.2 Å². The van der Waals surface area contributed by atoms with E-state index < -0.39 is 11.9 Å². The van der Waals surface area contributed by atoms with Gasteiger partial charge in [-0.05, 0) is 12.7 Å². The molecule has 14 heavy (non-hydrogen) atoms. The van der Waals surface area contributed by atoms with Crippen molar-refractivity contribution in [3.05, 3.63) is 0 Å². The highest BCUT2D eigenvalue weighted by Gasteiger charge is 2.25. The van der Waals surface area contributed by atoms with E-state index in [1.807, 2.05) is 13.2 Å². The summed E-state index contributed by atoms with van der Waals surface area (Å²) >= 11 is 1.44. The Morgan fingerprint density at radius 1 is 1.43 bits per heavy atom. The van der Waals surface area contributed by atoms with E-state index in [-0.39, 0.29) is 5.78 Å². The molecule has 0 aromatic carbocycles. The van der Waals surface area contributed by atoms with Gasteiger partial charge in [0, 0.05) is 0 Å². The summed E-state index contributed by atoms with van der Waals surface area (Å²) in [4.78, 5) is 22.8. The van der Waals surface area contributed by atoms with Crippen LogP contribution in [-0.2, 0) is 14.3 Å². The zero-order valence-electron chi connectivity index (χ0n) is 9.04. The Morgan fingerprint density at radius 3 is 2.50 bits per heavy atom. The Balaban J connectivity index is 4.22. The summed E-state index contributed by atoms with van der Waals surface area (Å²) in [5.74, 6) is -0.563. The third-order valence-corrected chi connectivity index (χ3v) is 2.58. The van der Waals surface area contributed by atoms with Crippen LogP contribution < -0.4 is 0 Å². The molecule has 0 aliphatic carbocycles. The number of carbonyl (C=O) groups excluding carboxylic acids is 2. The maximum atomic E-state index is 11.5. The molecule has 0 saturated heterocycles. The Bertz CT molecular complexity index is 192. The van der Waals surface area contributed by atoms with Crippen molar-refractivity contribution in [2.24, 2.45) is 5.92 Å². The summed E-state index contributed by atoms with van der Waals surface area (Å²) in [6.07, 6.45) is 4.34. The smallest absolute Gasteiger partial charge is 0.316 e. The lowest BCUT2D eigenvalue weighted by atomic mass is 9.98. The molecule has 4 heteroatoms. The number of carbonyl (C=O) groups is 2. The molecule has 1 unspecified atom stereocenters. The fraction of sp³-hybridized carbons (Fsp3) is 0.800. The van der Waals surface area contributed by atoms with Gasteiger partial charge in [0.2, 0.25) is 0 Å². The van der Waals surface area contributed by atoms with Gasteiger partial charge in [-0.1, -0.05) is 19.8 Å². The number of rotatable bonds is 7. The van der Waals surface area contributed by atoms with Gasteiger partial charge in [-0.3, -0.25) is 9.59 Å². The Labute approximate surface area is 89.6 Å². The highest BCUT2D eigenvalue weighted by Crippen LogP contribution is 2.13. The van der Waals surface area contributed by atoms with Crippen molar-refractivity contribution in [3.63, 3.8) is 0 Å². The standard InChI is InChI=1S/C10H18O3S/c1-4-5-6-8(10(12)13-2)9(11)7-14-3/h8H,4-7H2,1-3H3. The van der Waals surface area contributed by atoms with E-state index in [1.165, 1.54) is 18.9 Å². The number of methoxy groups -OCH3 is 1. The molecule has 1 atom stereocenters. The van der Waals surface area contributed by atoms with Gasteiger partial charge in [-0.25, -0.2) is 0 Å². The largest absolute Gasteiger partial charge is 0.468 e. The number of thioether (sulfide) groups is 1. The second-order valence-corrected chi connectivity index (χ2v) is 3.98. The molecule has 0 aromatic heterocycles. The average Bonchev–Trinajstić information content (AvgIpc) is 2.18. The molecule has 0 aromatic rings. The lowest BCUT2D eigenvalue weighted by molar-refractivity contribution is -0.149. The van der Waals surface area contributed by atoms with Crippen molar-refractivity contribution < 1.29 is 14.3 Å². The minimum Gasteiger partial charge on any atom is -0.468 e. The summed E-state index contributed by atoms with van der Waals surface area (Å²) in [5.41, 5.74) is 0. The van der Waals surface area contributed by atoms with E-state index in [0.29, 0.717) is 12.2 Å². The molecule has 82 valence electrons. The van der Waals surface area contributed by atoms with Crippen LogP contribution in [0.3, 0.4) is 0 Å². The first-order chi connectivity index (χ1) is 6.67. The van der Waals surface area contributed by atoms with Crippen LogP contribution in [-0.4, -0.2) is 30.9 Å². The van der Waals surface area contributed by atoms with E-state index in [1.54, 1.807) is 0 Å². The third-order valence-electron chi connectivity index (χ3n) is 2.01. The number of ketones is 1. The molecule has 0 aliphatic rings. The maximum Gasteiger partial charge on any atom is 0.316 e. The van der Waals surface area contributed by atoms with Gasteiger partial charge in [0.05, 0.1) is 12.9 Å². The number of esters is 1. The monoisotopic (exact) mass is 218 g/mol. The van der Waals surface area contributed by atoms with Crippen molar-refractivity contribution in [1.29, 1.82) is 0 Å². The highest BCUT2D eigenvalue weighted by molar-refractivity contribution is 7.99. The average molecular weight is 218 g/mol. The van der Waals surface area contributed by atoms with Crippen molar-refractivity contribution in [2.45, 2.75) is 26.2 Å². The van der Waals surface area contributed by atoms with E-state index in [9.17, 15) is 9.59 Å². The second-order valence-electron chi connectivity index (χ2n) is 3.12. The minimum atomic E-state index is -0.549. The van der Waals surface area contributed by atoms with Gasteiger partial charge in [0.15, 0.2) is 5.78 Å². The van der Waals surface area contributed by atoms with Gasteiger partial charge in [0.1, 0.15) is 5.92 Å². The fourth-order valence-electron chi connectivity index (χ4n) is 1.20. The summed E-state index contributed by atoms with van der Waals surface area (Å²) in [5, 5.41) is 0. The van der Waals surface area contributed by atoms with E-state index in [4.69, 9.17) is 0 Å². The van der Waals surface area contributed by atoms with Gasteiger partial charge >= 0.3 is 5.97 Å². The molecule has 3 nitrogen and oxygen atoms in total. The fourth-order valence-corrected chi connectivity index (χ4v) is 1.69. The first kappa shape index (κ1) is 13.5. The van der Waals surface area contributed by atoms with Crippen LogP contribution in [0.15, 0.2) is 0 Å². The van der Waals surface area contributed by atoms with Crippen LogP contribution >= 0.6 is 11.8 Å². The normalized spacial score (nSPS) is 12.2. The van der Waals surface area contributed by atoms with Gasteiger partial charge in [-0.15, -0.1) is 0 Å². The molecule has 0 radical (unpaired) electrons. The molecular weight excluding hydrogens is 200 g/mol. The first-order valence-corrected chi connectivity index (χ1v) is 6.16. The second kappa shape index (κ2) is 7.85. The maximum absolute atomic E-state index is 11.5. The molecule has 0 heterocycles. The highest BCUT2D eigenvalue weighted by atomic mass is 32.2. The minimum absolute atomic E-state index is 0.0159. The SMILES string of the molecule is CCCCC(C(=O)CSC)C(=O)OC. The Hall–Kier alpha value is -0.510. The molecule has 0 rings (SSSR count). The number of unbranched alkanes of at least 4 members (excludes halogenated alkanes) is 1. The summed E-state index contributed by atoms with van der Waals surface area (Å²) < 4.78 is 4.61. The predicted molar refractivity (Wildman–Crippen MR) is 58.4 cm³/mol. The lowest BCUT2D eigenvalue weighted by Gasteiger charge is -2.11. The molecule has 0 N–H and O–H groups in total. The summed E-state index contributed by atoms with van der Waals surface area (Å²) in [6, 6.07) is 0. The quantitative estimate of drug-likeness (QED) is 0.483. The number of Topliss-reactive ketones (excluding diaryl/α,β-unsaturated/α-hetero) is 1. The Morgan fingerprint density at radius 2 is 2.07 bits per heavy atom. The van der Waals surface area contributed by atoms with Crippen LogP contribution in [0.4, 0.5) is 0 Å². The number of hydrogen-bond acceptors (Lipinski definition) is 4. The van der Waals surface area contributed by atoms with Crippen molar-refractivity contribution in [1.82, 2.24) is 0 Å². The van der Waals surface area contributed by atoms with Crippen LogP contribution in [0.2, 0.25) is 0 Å². The Kier molecular flexibility index (Phi) is 7.57. The van der Waals surface area contributed by atoms with E-state index >= 15 is 0 Å². The first-order valence-electron chi connectivity index (χ1n) is 4.76. The number of hydrogen-bond donors (Lipinski definition) is 0. The molecular formula is C10H18O3S. The third kappa shape index (κ3) is 4.65. The van der Waals surface area contributed by atoms with E-state index in [2.05, 4.69) is 4.74 Å². The topological polar surface area (TPSA) is 43.4 Å². The van der Waals surface area contributed by atoms with E-state index in [0.717, 1.165) is 12.8 Å². The summed E-state index contributed by atoms with van der Waals surface area (Å²) in [7, 11) is 1.33. The molecule has 0 aliphatic heterocycles. The van der Waals surface area contributed by atoms with Gasteiger partial charge < -0.3 is 4.74 Å². The van der Waals surface area contributed by atoms with Crippen molar-refractivity contribution in [2.75, 3.05) is 19.1 Å². The van der Waals surface area contributed by atoms with Crippen LogP contribution in [0.25, 0.3) is 0 Å². The molecule has 0 saturated carbocycles. The van der Waals surface area contributed by atoms with Crippen molar-refractivity contribution in [3.8, 4) is 0 Å². The molecule has 0 bridgehead atoms. The predicted octanol–water partition coefficient (Wildman–Crippen LogP) is 1.90. The van der Waals surface area contributed by atoms with Gasteiger partial charge in [0.25, 0.3) is 0 Å². The summed E-state index contributed by atoms with van der Waals surface area (Å²) in [6.45, 7) is 2.04. The molecule has 0 spiro atoms. The zero-order chi connectivity index (χ0) is 11.0. The van der Waals surface area contributed by atoms with Crippen LogP contribution in [0, 0.1) is 5.92 Å². The zero-order valence-corrected chi connectivity index (χ0v) is 9.86. The molecule has 0 fully saturated rings. The number of ether oxygens (including phenoxy) is 1. The van der Waals surface area contributed by atoms with Crippen LogP contribution in [0.5, 0.6) is 0 Å².